The lowest BCUT2D eigenvalue weighted by Crippen LogP contribution is -2.43. The van der Waals surface area contributed by atoms with Crippen LogP contribution in [-0.2, 0) is 25.3 Å². The standard InChI is InChI=1S/C18H18F3NO5S2/c1-26-17(23)16(12-28-11-13-5-3-2-4-6-13)22-29(24,25)15-9-7-14(8-10-15)27-18(19,20)21/h2-10,16,22H,11-12H2,1H3. The quantitative estimate of drug-likeness (QED) is 0.592. The molecular formula is C18H18F3NO5S2. The van der Waals surface area contributed by atoms with E-state index in [4.69, 9.17) is 0 Å². The van der Waals surface area contributed by atoms with Gasteiger partial charge in [-0.15, -0.1) is 13.2 Å². The normalized spacial score (nSPS) is 13.0. The van der Waals surface area contributed by atoms with E-state index in [1.54, 1.807) is 0 Å². The molecule has 6 nitrogen and oxygen atoms in total. The van der Waals surface area contributed by atoms with E-state index in [1.165, 1.54) is 11.8 Å². The lowest BCUT2D eigenvalue weighted by molar-refractivity contribution is -0.274. The smallest absolute Gasteiger partial charge is 0.468 e. The van der Waals surface area contributed by atoms with Gasteiger partial charge in [-0.3, -0.25) is 4.79 Å². The molecule has 0 amide bonds. The molecule has 0 aliphatic rings. The van der Waals surface area contributed by atoms with Crippen molar-refractivity contribution >= 4 is 27.8 Å². The summed E-state index contributed by atoms with van der Waals surface area (Å²) in [7, 11) is -3.04. The molecule has 11 heteroatoms. The Balaban J connectivity index is 2.05. The molecule has 0 aliphatic carbocycles. The van der Waals surface area contributed by atoms with Crippen LogP contribution in [0.2, 0.25) is 0 Å². The zero-order valence-electron chi connectivity index (χ0n) is 15.2. The largest absolute Gasteiger partial charge is 0.573 e. The fourth-order valence-corrected chi connectivity index (χ4v) is 4.53. The lowest BCUT2D eigenvalue weighted by atomic mass is 10.2. The number of hydrogen-bond donors (Lipinski definition) is 1. The molecule has 158 valence electrons. The monoisotopic (exact) mass is 449 g/mol. The minimum Gasteiger partial charge on any atom is -0.468 e. The second-order valence-corrected chi connectivity index (χ2v) is 8.46. The van der Waals surface area contributed by atoms with Crippen LogP contribution >= 0.6 is 11.8 Å². The van der Waals surface area contributed by atoms with Crippen LogP contribution in [0.3, 0.4) is 0 Å². The number of thioether (sulfide) groups is 1. The van der Waals surface area contributed by atoms with E-state index >= 15 is 0 Å². The summed E-state index contributed by atoms with van der Waals surface area (Å²) in [6.45, 7) is 0. The third kappa shape index (κ3) is 7.59. The SMILES string of the molecule is COC(=O)C(CSCc1ccccc1)NS(=O)(=O)c1ccc(OC(F)(F)F)cc1. The fraction of sp³-hybridized carbons (Fsp3) is 0.278. The third-order valence-corrected chi connectivity index (χ3v) is 6.14. The average Bonchev–Trinajstić information content (AvgIpc) is 2.66. The first kappa shape index (κ1) is 23.0. The molecule has 0 heterocycles. The van der Waals surface area contributed by atoms with Gasteiger partial charge in [0, 0.05) is 11.5 Å². The second-order valence-electron chi connectivity index (χ2n) is 5.72. The van der Waals surface area contributed by atoms with Crippen LogP contribution in [0.4, 0.5) is 13.2 Å². The van der Waals surface area contributed by atoms with Crippen LogP contribution in [0.1, 0.15) is 5.56 Å². The predicted molar refractivity (Wildman–Crippen MR) is 102 cm³/mol. The summed E-state index contributed by atoms with van der Waals surface area (Å²) < 4.78 is 72.2. The van der Waals surface area contributed by atoms with E-state index in [9.17, 15) is 26.4 Å². The highest BCUT2D eigenvalue weighted by Gasteiger charge is 2.31. The number of rotatable bonds is 9. The Labute approximate surface area is 170 Å². The van der Waals surface area contributed by atoms with Gasteiger partial charge in [-0.1, -0.05) is 30.3 Å². The Morgan fingerprint density at radius 3 is 2.28 bits per heavy atom. The number of carbonyl (C=O) groups is 1. The summed E-state index contributed by atoms with van der Waals surface area (Å²) in [6, 6.07) is 11.9. The van der Waals surface area contributed by atoms with E-state index in [1.807, 2.05) is 30.3 Å². The number of nitrogens with one attached hydrogen (secondary N) is 1. The third-order valence-electron chi connectivity index (χ3n) is 3.55. The zero-order chi connectivity index (χ0) is 21.5. The van der Waals surface area contributed by atoms with Crippen LogP contribution in [0, 0.1) is 0 Å². The number of sulfonamides is 1. The number of halogens is 3. The molecule has 0 bridgehead atoms. The maximum atomic E-state index is 12.5. The van der Waals surface area contributed by atoms with Crippen LogP contribution in [0.25, 0.3) is 0 Å². The van der Waals surface area contributed by atoms with Crippen molar-refractivity contribution in [2.24, 2.45) is 0 Å². The predicted octanol–water partition coefficient (Wildman–Crippen LogP) is 3.34. The summed E-state index contributed by atoms with van der Waals surface area (Å²) in [6.07, 6.45) is -4.88. The molecule has 0 fully saturated rings. The Morgan fingerprint density at radius 1 is 1.10 bits per heavy atom. The van der Waals surface area contributed by atoms with E-state index in [-0.39, 0.29) is 10.6 Å². The summed E-state index contributed by atoms with van der Waals surface area (Å²) in [5.74, 6) is -0.666. The highest BCUT2D eigenvalue weighted by Crippen LogP contribution is 2.24. The maximum Gasteiger partial charge on any atom is 0.573 e. The van der Waals surface area contributed by atoms with Crippen molar-refractivity contribution in [1.82, 2.24) is 4.72 Å². The number of carbonyl (C=O) groups excluding carboxylic acids is 1. The lowest BCUT2D eigenvalue weighted by Gasteiger charge is -2.17. The van der Waals surface area contributed by atoms with Crippen molar-refractivity contribution in [1.29, 1.82) is 0 Å². The van der Waals surface area contributed by atoms with Gasteiger partial charge in [0.25, 0.3) is 0 Å². The first-order chi connectivity index (χ1) is 13.6. The van der Waals surface area contributed by atoms with Crippen molar-refractivity contribution in [2.45, 2.75) is 23.1 Å². The summed E-state index contributed by atoms with van der Waals surface area (Å²) in [5, 5.41) is 0. The number of alkyl halides is 3. The molecule has 2 aromatic carbocycles. The fourth-order valence-electron chi connectivity index (χ4n) is 2.24. The highest BCUT2D eigenvalue weighted by atomic mass is 32.2. The molecule has 0 radical (unpaired) electrons. The van der Waals surface area contributed by atoms with Crippen LogP contribution in [-0.4, -0.2) is 39.7 Å². The molecule has 2 rings (SSSR count). The molecular weight excluding hydrogens is 431 g/mol. The summed E-state index contributed by atoms with van der Waals surface area (Å²) >= 11 is 1.33. The van der Waals surface area contributed by atoms with Crippen molar-refractivity contribution in [3.8, 4) is 5.75 Å². The summed E-state index contributed by atoms with van der Waals surface area (Å²) in [4.78, 5) is 11.7. The molecule has 1 N–H and O–H groups in total. The van der Waals surface area contributed by atoms with Crippen molar-refractivity contribution in [2.75, 3.05) is 12.9 Å². The zero-order valence-corrected chi connectivity index (χ0v) is 16.8. The van der Waals surface area contributed by atoms with Gasteiger partial charge in [-0.25, -0.2) is 8.42 Å². The second kappa shape index (κ2) is 9.99. The first-order valence-electron chi connectivity index (χ1n) is 8.18. The molecule has 1 unspecified atom stereocenters. The minimum atomic E-state index is -4.88. The van der Waals surface area contributed by atoms with E-state index < -0.39 is 34.1 Å². The number of ether oxygens (including phenoxy) is 2. The van der Waals surface area contributed by atoms with Crippen molar-refractivity contribution < 1.29 is 35.9 Å². The molecule has 0 saturated carbocycles. The van der Waals surface area contributed by atoms with Gasteiger partial charge < -0.3 is 9.47 Å². The number of methoxy groups -OCH3 is 1. The van der Waals surface area contributed by atoms with Crippen molar-refractivity contribution in [3.63, 3.8) is 0 Å². The Hall–Kier alpha value is -2.24. The van der Waals surface area contributed by atoms with Crippen LogP contribution < -0.4 is 9.46 Å². The molecule has 0 aromatic heterocycles. The number of hydrogen-bond acceptors (Lipinski definition) is 6. The average molecular weight is 449 g/mol. The topological polar surface area (TPSA) is 81.7 Å². The first-order valence-corrected chi connectivity index (χ1v) is 10.8. The molecule has 29 heavy (non-hydrogen) atoms. The van der Waals surface area contributed by atoms with E-state index in [0.29, 0.717) is 5.75 Å². The summed E-state index contributed by atoms with van der Waals surface area (Å²) in [5.41, 5.74) is 1.00. The van der Waals surface area contributed by atoms with Gasteiger partial charge in [0.15, 0.2) is 0 Å². The molecule has 1 atom stereocenters. The molecule has 0 saturated heterocycles. The maximum absolute atomic E-state index is 12.5. The number of benzene rings is 2. The van der Waals surface area contributed by atoms with Crippen LogP contribution in [0.15, 0.2) is 59.5 Å². The van der Waals surface area contributed by atoms with Gasteiger partial charge in [0.2, 0.25) is 10.0 Å². The van der Waals surface area contributed by atoms with Gasteiger partial charge in [0.05, 0.1) is 12.0 Å². The van der Waals surface area contributed by atoms with Gasteiger partial charge in [-0.2, -0.15) is 16.5 Å². The Morgan fingerprint density at radius 2 is 1.72 bits per heavy atom. The number of esters is 1. The van der Waals surface area contributed by atoms with Gasteiger partial charge in [-0.05, 0) is 29.8 Å². The van der Waals surface area contributed by atoms with E-state index in [0.717, 1.165) is 36.9 Å². The van der Waals surface area contributed by atoms with Gasteiger partial charge >= 0.3 is 12.3 Å². The molecule has 2 aromatic rings. The molecule has 0 aliphatic heterocycles. The minimum absolute atomic E-state index is 0.107. The molecule has 0 spiro atoms. The Bertz CT molecular complexity index is 903. The van der Waals surface area contributed by atoms with Gasteiger partial charge in [0.1, 0.15) is 11.8 Å². The highest BCUT2D eigenvalue weighted by molar-refractivity contribution is 7.98. The Kier molecular flexibility index (Phi) is 7.94. The van der Waals surface area contributed by atoms with Crippen molar-refractivity contribution in [3.05, 3.63) is 60.2 Å². The van der Waals surface area contributed by atoms with Crippen LogP contribution in [0.5, 0.6) is 5.75 Å². The van der Waals surface area contributed by atoms with E-state index in [2.05, 4.69) is 14.2 Å².